The monoisotopic (exact) mass is 217 g/mol. The van der Waals surface area contributed by atoms with E-state index >= 15 is 0 Å². The molecule has 0 aliphatic heterocycles. The van der Waals surface area contributed by atoms with E-state index in [-0.39, 0.29) is 0 Å². The van der Waals surface area contributed by atoms with Crippen LogP contribution in [-0.4, -0.2) is 30.7 Å². The maximum absolute atomic E-state index is 11.4. The van der Waals surface area contributed by atoms with E-state index in [9.17, 15) is 9.59 Å². The lowest BCUT2D eigenvalue weighted by Gasteiger charge is -2.06. The van der Waals surface area contributed by atoms with Crippen LogP contribution in [0.25, 0.3) is 0 Å². The number of carbonyl (C=O) groups is 2. The van der Waals surface area contributed by atoms with Crippen LogP contribution in [0.3, 0.4) is 0 Å². The van der Waals surface area contributed by atoms with Gasteiger partial charge in [0.1, 0.15) is 0 Å². The number of amides is 1. The summed E-state index contributed by atoms with van der Waals surface area (Å²) < 4.78 is 0.509. The molecule has 0 unspecified atom stereocenters. The van der Waals surface area contributed by atoms with Gasteiger partial charge < -0.3 is 4.90 Å². The Bertz CT molecular complexity index is 346. The van der Waals surface area contributed by atoms with Crippen LogP contribution < -0.4 is 0 Å². The molecular formula is C8H8ClNO2S. The zero-order chi connectivity index (χ0) is 10.0. The number of carbonyl (C=O) groups excluding carboxylic acids is 2. The van der Waals surface area contributed by atoms with Gasteiger partial charge in [-0.2, -0.15) is 0 Å². The zero-order valence-electron chi connectivity index (χ0n) is 7.20. The molecule has 0 atom stereocenters. The normalized spacial score (nSPS) is 9.77. The SMILES string of the molecule is CN(C)C(=O)C(=O)c1ccc(Cl)s1. The van der Waals surface area contributed by atoms with E-state index in [0.717, 1.165) is 11.3 Å². The van der Waals surface area contributed by atoms with Gasteiger partial charge in [-0.1, -0.05) is 11.6 Å². The molecule has 70 valence electrons. The lowest BCUT2D eigenvalue weighted by Crippen LogP contribution is -2.29. The molecular weight excluding hydrogens is 210 g/mol. The van der Waals surface area contributed by atoms with Crippen LogP contribution in [0.5, 0.6) is 0 Å². The topological polar surface area (TPSA) is 37.4 Å². The molecule has 5 heteroatoms. The van der Waals surface area contributed by atoms with Crippen LogP contribution in [0.2, 0.25) is 4.34 Å². The van der Waals surface area contributed by atoms with Gasteiger partial charge in [0.15, 0.2) is 0 Å². The maximum atomic E-state index is 11.4. The predicted molar refractivity (Wildman–Crippen MR) is 52.4 cm³/mol. The van der Waals surface area contributed by atoms with Gasteiger partial charge in [0.25, 0.3) is 11.7 Å². The highest BCUT2D eigenvalue weighted by Gasteiger charge is 2.19. The zero-order valence-corrected chi connectivity index (χ0v) is 8.78. The van der Waals surface area contributed by atoms with E-state index in [1.54, 1.807) is 12.1 Å². The second kappa shape index (κ2) is 3.89. The predicted octanol–water partition coefficient (Wildman–Crippen LogP) is 1.67. The molecule has 0 fully saturated rings. The van der Waals surface area contributed by atoms with Crippen LogP contribution in [0.1, 0.15) is 9.67 Å². The van der Waals surface area contributed by atoms with Crippen molar-refractivity contribution in [3.8, 4) is 0 Å². The molecule has 0 saturated carbocycles. The Balaban J connectivity index is 2.86. The van der Waals surface area contributed by atoms with Crippen molar-refractivity contribution in [2.45, 2.75) is 0 Å². The van der Waals surface area contributed by atoms with E-state index in [0.29, 0.717) is 9.21 Å². The molecule has 13 heavy (non-hydrogen) atoms. The smallest absolute Gasteiger partial charge is 0.295 e. The Morgan fingerprint density at radius 2 is 2.00 bits per heavy atom. The molecule has 1 aromatic rings. The van der Waals surface area contributed by atoms with Gasteiger partial charge in [0.05, 0.1) is 9.21 Å². The second-order valence-electron chi connectivity index (χ2n) is 2.63. The van der Waals surface area contributed by atoms with Gasteiger partial charge in [0, 0.05) is 14.1 Å². The molecule has 1 heterocycles. The first-order valence-corrected chi connectivity index (χ1v) is 4.73. The summed E-state index contributed by atoms with van der Waals surface area (Å²) in [6.45, 7) is 0. The maximum Gasteiger partial charge on any atom is 0.295 e. The summed E-state index contributed by atoms with van der Waals surface area (Å²) in [6.07, 6.45) is 0. The number of ketones is 1. The van der Waals surface area contributed by atoms with Crippen molar-refractivity contribution in [3.05, 3.63) is 21.3 Å². The summed E-state index contributed by atoms with van der Waals surface area (Å²) in [5.41, 5.74) is 0. The van der Waals surface area contributed by atoms with Crippen molar-refractivity contribution in [1.82, 2.24) is 4.90 Å². The summed E-state index contributed by atoms with van der Waals surface area (Å²) in [4.78, 5) is 24.2. The van der Waals surface area contributed by atoms with Gasteiger partial charge in [-0.25, -0.2) is 0 Å². The molecule has 0 bridgehead atoms. The van der Waals surface area contributed by atoms with Crippen molar-refractivity contribution in [3.63, 3.8) is 0 Å². The Labute approximate surface area is 84.9 Å². The standard InChI is InChI=1S/C8H8ClNO2S/c1-10(2)8(12)7(11)5-3-4-6(9)13-5/h3-4H,1-2H3. The Morgan fingerprint density at radius 3 is 2.38 bits per heavy atom. The van der Waals surface area contributed by atoms with Gasteiger partial charge in [0.2, 0.25) is 0 Å². The van der Waals surface area contributed by atoms with Crippen LogP contribution in [-0.2, 0) is 4.79 Å². The van der Waals surface area contributed by atoms with Crippen LogP contribution in [0.4, 0.5) is 0 Å². The van der Waals surface area contributed by atoms with E-state index in [1.807, 2.05) is 0 Å². The summed E-state index contributed by atoms with van der Waals surface area (Å²) in [5.74, 6) is -1.04. The number of hydrogen-bond acceptors (Lipinski definition) is 3. The molecule has 1 amide bonds. The average molecular weight is 218 g/mol. The van der Waals surface area contributed by atoms with Crippen LogP contribution >= 0.6 is 22.9 Å². The first kappa shape index (κ1) is 10.2. The highest BCUT2D eigenvalue weighted by atomic mass is 35.5. The summed E-state index contributed by atoms with van der Waals surface area (Å²) in [5, 5.41) is 0. The second-order valence-corrected chi connectivity index (χ2v) is 4.35. The van der Waals surface area contributed by atoms with Crippen molar-refractivity contribution in [2.75, 3.05) is 14.1 Å². The van der Waals surface area contributed by atoms with Gasteiger partial charge in [-0.05, 0) is 12.1 Å². The fourth-order valence-electron chi connectivity index (χ4n) is 0.745. The summed E-state index contributed by atoms with van der Waals surface area (Å²) in [7, 11) is 3.07. The van der Waals surface area contributed by atoms with Gasteiger partial charge >= 0.3 is 0 Å². The number of thiophene rings is 1. The van der Waals surface area contributed by atoms with Gasteiger partial charge in [-0.3, -0.25) is 9.59 Å². The first-order chi connectivity index (χ1) is 6.02. The van der Waals surface area contributed by atoms with Crippen LogP contribution in [0, 0.1) is 0 Å². The molecule has 0 spiro atoms. The lowest BCUT2D eigenvalue weighted by atomic mass is 10.3. The van der Waals surface area contributed by atoms with E-state index < -0.39 is 11.7 Å². The largest absolute Gasteiger partial charge is 0.342 e. The minimum absolute atomic E-state index is 0.378. The minimum Gasteiger partial charge on any atom is -0.342 e. The molecule has 1 rings (SSSR count). The molecule has 0 radical (unpaired) electrons. The number of Topliss-reactive ketones (excluding diaryl/α,β-unsaturated/α-hetero) is 1. The highest BCUT2D eigenvalue weighted by molar-refractivity contribution is 7.18. The molecule has 0 aliphatic carbocycles. The first-order valence-electron chi connectivity index (χ1n) is 3.53. The van der Waals surface area contributed by atoms with Crippen molar-refractivity contribution in [1.29, 1.82) is 0 Å². The van der Waals surface area contributed by atoms with Crippen molar-refractivity contribution < 1.29 is 9.59 Å². The van der Waals surface area contributed by atoms with E-state index in [1.165, 1.54) is 19.0 Å². The summed E-state index contributed by atoms with van der Waals surface area (Å²) in [6, 6.07) is 3.15. The highest BCUT2D eigenvalue weighted by Crippen LogP contribution is 2.21. The van der Waals surface area contributed by atoms with Crippen molar-refractivity contribution >= 4 is 34.6 Å². The molecule has 0 N–H and O–H groups in total. The average Bonchev–Trinajstić information content (AvgIpc) is 2.49. The third-order valence-electron chi connectivity index (χ3n) is 1.40. The van der Waals surface area contributed by atoms with Gasteiger partial charge in [-0.15, -0.1) is 11.3 Å². The number of nitrogens with zero attached hydrogens (tertiary/aromatic N) is 1. The third-order valence-corrected chi connectivity index (χ3v) is 2.63. The minimum atomic E-state index is -0.529. The third kappa shape index (κ3) is 2.29. The lowest BCUT2D eigenvalue weighted by molar-refractivity contribution is -0.124. The number of likely N-dealkylation sites (N-methyl/N-ethyl adjacent to an activating group) is 1. The molecule has 1 aromatic heterocycles. The van der Waals surface area contributed by atoms with Crippen LogP contribution in [0.15, 0.2) is 12.1 Å². The number of rotatable bonds is 2. The fraction of sp³-hybridized carbons (Fsp3) is 0.250. The summed E-state index contributed by atoms with van der Waals surface area (Å²) >= 11 is 6.74. The van der Waals surface area contributed by atoms with Crippen molar-refractivity contribution in [2.24, 2.45) is 0 Å². The Kier molecular flexibility index (Phi) is 3.06. The molecule has 0 aromatic carbocycles. The Hall–Kier alpha value is -0.870. The number of halogens is 1. The van der Waals surface area contributed by atoms with E-state index in [2.05, 4.69) is 0 Å². The Morgan fingerprint density at radius 1 is 1.38 bits per heavy atom. The number of hydrogen-bond donors (Lipinski definition) is 0. The fourth-order valence-corrected chi connectivity index (χ4v) is 1.72. The quantitative estimate of drug-likeness (QED) is 0.558. The van der Waals surface area contributed by atoms with E-state index in [4.69, 9.17) is 11.6 Å². The molecule has 0 saturated heterocycles. The molecule has 3 nitrogen and oxygen atoms in total. The molecule has 0 aliphatic rings.